The van der Waals surface area contributed by atoms with Gasteiger partial charge in [0.2, 0.25) is 0 Å². The molecule has 2 aromatic carbocycles. The van der Waals surface area contributed by atoms with Crippen LogP contribution in [0.4, 0.5) is 15.8 Å². The van der Waals surface area contributed by atoms with E-state index in [1.807, 2.05) is 19.9 Å². The highest BCUT2D eigenvalue weighted by atomic mass is 19.1. The highest BCUT2D eigenvalue weighted by molar-refractivity contribution is 5.65. The van der Waals surface area contributed by atoms with Crippen molar-refractivity contribution in [2.45, 2.75) is 19.9 Å². The van der Waals surface area contributed by atoms with E-state index < -0.39 is 10.7 Å². The minimum atomic E-state index is -0.792. The Balaban J connectivity index is 2.44. The van der Waals surface area contributed by atoms with Crippen LogP contribution in [0.3, 0.4) is 0 Å². The van der Waals surface area contributed by atoms with Crippen LogP contribution in [-0.2, 0) is 0 Å². The second kappa shape index (κ2) is 7.90. The summed E-state index contributed by atoms with van der Waals surface area (Å²) in [5.41, 5.74) is 1.57. The molecule has 0 aliphatic carbocycles. The Labute approximate surface area is 150 Å². The number of benzene rings is 2. The van der Waals surface area contributed by atoms with Gasteiger partial charge in [0.1, 0.15) is 5.69 Å². The number of aryl methyl sites for hydroxylation is 1. The first-order valence-electron chi connectivity index (χ1n) is 7.83. The third kappa shape index (κ3) is 3.79. The zero-order chi connectivity index (χ0) is 19.4. The fraction of sp³-hybridized carbons (Fsp3) is 0.333. The first-order chi connectivity index (χ1) is 12.3. The number of halogens is 1. The summed E-state index contributed by atoms with van der Waals surface area (Å²) in [5.74, 6) is 0.275. The van der Waals surface area contributed by atoms with Crippen LogP contribution < -0.4 is 19.5 Å². The van der Waals surface area contributed by atoms with Gasteiger partial charge in [0.25, 0.3) is 5.69 Å². The van der Waals surface area contributed by atoms with Gasteiger partial charge in [0.15, 0.2) is 23.1 Å². The molecule has 140 valence electrons. The van der Waals surface area contributed by atoms with Crippen molar-refractivity contribution in [2.24, 2.45) is 0 Å². The number of ether oxygens (including phenoxy) is 3. The Morgan fingerprint density at radius 1 is 1.04 bits per heavy atom. The fourth-order valence-corrected chi connectivity index (χ4v) is 2.74. The van der Waals surface area contributed by atoms with Crippen molar-refractivity contribution in [1.29, 1.82) is 0 Å². The van der Waals surface area contributed by atoms with E-state index in [1.54, 1.807) is 13.2 Å². The Kier molecular flexibility index (Phi) is 5.86. The molecule has 2 rings (SSSR count). The molecule has 8 heteroatoms. The number of nitrogens with one attached hydrogen (secondary N) is 1. The van der Waals surface area contributed by atoms with Gasteiger partial charge in [0, 0.05) is 12.1 Å². The van der Waals surface area contributed by atoms with Crippen LogP contribution in [0.15, 0.2) is 24.3 Å². The Hall–Kier alpha value is -3.03. The highest BCUT2D eigenvalue weighted by Gasteiger charge is 2.22. The second-order valence-electron chi connectivity index (χ2n) is 5.69. The van der Waals surface area contributed by atoms with Crippen LogP contribution in [0, 0.1) is 22.9 Å². The smallest absolute Gasteiger partial charge is 0.295 e. The molecule has 7 nitrogen and oxygen atoms in total. The summed E-state index contributed by atoms with van der Waals surface area (Å²) in [4.78, 5) is 10.6. The first kappa shape index (κ1) is 19.3. The molecule has 2 aromatic rings. The van der Waals surface area contributed by atoms with E-state index in [4.69, 9.17) is 14.2 Å². The van der Waals surface area contributed by atoms with E-state index in [0.717, 1.165) is 17.2 Å². The summed E-state index contributed by atoms with van der Waals surface area (Å²) in [7, 11) is 4.38. The summed E-state index contributed by atoms with van der Waals surface area (Å²) in [5, 5.41) is 14.3. The van der Waals surface area contributed by atoms with Gasteiger partial charge in [-0.3, -0.25) is 10.1 Å². The number of nitro benzene ring substituents is 1. The van der Waals surface area contributed by atoms with Gasteiger partial charge in [-0.25, -0.2) is 4.39 Å². The largest absolute Gasteiger partial charge is 0.494 e. The molecule has 0 spiro atoms. The summed E-state index contributed by atoms with van der Waals surface area (Å²) in [6.45, 7) is 3.74. The monoisotopic (exact) mass is 364 g/mol. The summed E-state index contributed by atoms with van der Waals surface area (Å²) in [6.07, 6.45) is 0. The number of nitrogens with zero attached hydrogens (tertiary/aromatic N) is 1. The van der Waals surface area contributed by atoms with Gasteiger partial charge >= 0.3 is 0 Å². The fourth-order valence-electron chi connectivity index (χ4n) is 2.74. The lowest BCUT2D eigenvalue weighted by Crippen LogP contribution is -2.11. The molecule has 1 N–H and O–H groups in total. The number of hydrogen-bond donors (Lipinski definition) is 1. The molecule has 0 radical (unpaired) electrons. The van der Waals surface area contributed by atoms with Crippen LogP contribution in [-0.4, -0.2) is 26.3 Å². The predicted octanol–water partition coefficient (Wildman–Crippen LogP) is 4.24. The van der Waals surface area contributed by atoms with Gasteiger partial charge in [0.05, 0.1) is 32.3 Å². The topological polar surface area (TPSA) is 82.9 Å². The van der Waals surface area contributed by atoms with E-state index in [1.165, 1.54) is 20.3 Å². The van der Waals surface area contributed by atoms with Gasteiger partial charge in [-0.2, -0.15) is 0 Å². The van der Waals surface area contributed by atoms with Crippen LogP contribution in [0.5, 0.6) is 17.2 Å². The third-order valence-corrected chi connectivity index (χ3v) is 4.08. The molecule has 0 saturated carbocycles. The molecular formula is C18H21FN2O5. The van der Waals surface area contributed by atoms with Crippen LogP contribution >= 0.6 is 0 Å². The molecule has 1 atom stereocenters. The molecule has 1 unspecified atom stereocenters. The molecule has 0 heterocycles. The number of rotatable bonds is 7. The van der Waals surface area contributed by atoms with Crippen molar-refractivity contribution >= 4 is 11.4 Å². The van der Waals surface area contributed by atoms with Crippen molar-refractivity contribution in [3.05, 3.63) is 51.3 Å². The Bertz CT molecular complexity index is 826. The molecule has 0 aliphatic heterocycles. The maximum Gasteiger partial charge on any atom is 0.295 e. The zero-order valence-corrected chi connectivity index (χ0v) is 15.3. The maximum absolute atomic E-state index is 13.8. The van der Waals surface area contributed by atoms with E-state index in [2.05, 4.69) is 5.32 Å². The molecule has 0 aliphatic rings. The van der Waals surface area contributed by atoms with Gasteiger partial charge in [-0.05, 0) is 37.1 Å². The highest BCUT2D eigenvalue weighted by Crippen LogP contribution is 2.37. The number of anilines is 1. The van der Waals surface area contributed by atoms with Crippen molar-refractivity contribution in [3.63, 3.8) is 0 Å². The predicted molar refractivity (Wildman–Crippen MR) is 95.9 cm³/mol. The quantitative estimate of drug-likeness (QED) is 0.584. The average molecular weight is 364 g/mol. The minimum Gasteiger partial charge on any atom is -0.494 e. The van der Waals surface area contributed by atoms with Crippen molar-refractivity contribution in [1.82, 2.24) is 0 Å². The van der Waals surface area contributed by atoms with Crippen molar-refractivity contribution in [3.8, 4) is 17.2 Å². The van der Waals surface area contributed by atoms with Crippen LogP contribution in [0.25, 0.3) is 0 Å². The van der Waals surface area contributed by atoms with Crippen LogP contribution in [0.1, 0.15) is 24.1 Å². The van der Waals surface area contributed by atoms with Crippen molar-refractivity contribution < 1.29 is 23.5 Å². The SMILES string of the molecule is COc1cc(NC(C)c2cc(OC)c(OC)cc2C)c([N+](=O)[O-])cc1F. The normalized spacial score (nSPS) is 11.6. The minimum absolute atomic E-state index is 0.0747. The van der Waals surface area contributed by atoms with Gasteiger partial charge in [-0.15, -0.1) is 0 Å². The lowest BCUT2D eigenvalue weighted by molar-refractivity contribution is -0.384. The summed E-state index contributed by atoms with van der Waals surface area (Å²) in [6, 6.07) is 5.43. The van der Waals surface area contributed by atoms with Gasteiger partial charge < -0.3 is 19.5 Å². The van der Waals surface area contributed by atoms with E-state index >= 15 is 0 Å². The lowest BCUT2D eigenvalue weighted by Gasteiger charge is -2.20. The molecule has 0 saturated heterocycles. The van der Waals surface area contributed by atoms with Gasteiger partial charge in [-0.1, -0.05) is 0 Å². The standard InChI is InChI=1S/C18H21FN2O5/c1-10-6-17(25-4)18(26-5)7-12(10)11(2)20-14-9-16(24-3)13(19)8-15(14)21(22)23/h6-9,11,20H,1-5H3. The van der Waals surface area contributed by atoms with Crippen molar-refractivity contribution in [2.75, 3.05) is 26.6 Å². The maximum atomic E-state index is 13.8. The molecule has 26 heavy (non-hydrogen) atoms. The molecule has 0 fully saturated rings. The van der Waals surface area contributed by atoms with Crippen LogP contribution in [0.2, 0.25) is 0 Å². The number of nitro groups is 1. The third-order valence-electron chi connectivity index (χ3n) is 4.08. The lowest BCUT2D eigenvalue weighted by atomic mass is 10.0. The summed E-state index contributed by atoms with van der Waals surface area (Å²) < 4.78 is 29.3. The molecular weight excluding hydrogens is 343 g/mol. The summed E-state index contributed by atoms with van der Waals surface area (Å²) >= 11 is 0. The Morgan fingerprint density at radius 3 is 2.15 bits per heavy atom. The first-order valence-corrected chi connectivity index (χ1v) is 7.83. The molecule has 0 bridgehead atoms. The van der Waals surface area contributed by atoms with E-state index in [-0.39, 0.29) is 23.2 Å². The average Bonchev–Trinajstić information content (AvgIpc) is 2.61. The van der Waals surface area contributed by atoms with E-state index in [9.17, 15) is 14.5 Å². The number of hydrogen-bond acceptors (Lipinski definition) is 6. The Morgan fingerprint density at radius 2 is 1.62 bits per heavy atom. The molecule has 0 amide bonds. The zero-order valence-electron chi connectivity index (χ0n) is 15.3. The number of methoxy groups -OCH3 is 3. The second-order valence-corrected chi connectivity index (χ2v) is 5.69. The molecule has 0 aromatic heterocycles. The van der Waals surface area contributed by atoms with E-state index in [0.29, 0.717) is 11.5 Å².